The third kappa shape index (κ3) is 2.19. The normalized spacial score (nSPS) is 14.9. The lowest BCUT2D eigenvalue weighted by atomic mass is 10.6. The number of alkyl halides is 3. The van der Waals surface area contributed by atoms with Crippen LogP contribution in [0.2, 0.25) is 0 Å². The first kappa shape index (κ1) is 3.46. The van der Waals surface area contributed by atoms with E-state index in [0.29, 0.717) is 0 Å². The third-order valence-corrected chi connectivity index (χ3v) is 0.249. The van der Waals surface area contributed by atoms with Gasteiger partial charge in [-0.1, -0.05) is 6.53 Å². The number of allylic oxidation sites excluding steroid dienone is 1. The second-order valence-electron chi connectivity index (χ2n) is 0.812. The van der Waals surface area contributed by atoms with Crippen LogP contribution in [-0.4, -0.2) is 6.18 Å². The molecule has 0 aliphatic heterocycles. The van der Waals surface area contributed by atoms with Gasteiger partial charge in [0, 0.05) is 0 Å². The molecule has 0 N–H and O–H groups in total. The molecule has 0 bridgehead atoms. The molecule has 0 atom stereocenters. The lowest BCUT2D eigenvalue weighted by Crippen LogP contribution is -2.05. The SMILES string of the molecule is [2H]C([2H])=C(F)C(F)(F)F. The molecule has 0 saturated carbocycles. The van der Waals surface area contributed by atoms with E-state index in [1.165, 1.54) is 0 Å². The van der Waals surface area contributed by atoms with Crippen molar-refractivity contribution in [2.75, 3.05) is 0 Å². The lowest BCUT2D eigenvalue weighted by molar-refractivity contribution is -0.108. The van der Waals surface area contributed by atoms with Crippen molar-refractivity contribution < 1.29 is 20.3 Å². The molecule has 0 heterocycles. The summed E-state index contributed by atoms with van der Waals surface area (Å²) < 4.78 is 56.3. The molecule has 0 aromatic heterocycles. The summed E-state index contributed by atoms with van der Waals surface area (Å²) in [5.41, 5.74) is 0. The van der Waals surface area contributed by atoms with E-state index in [1.54, 1.807) is 0 Å². The average Bonchev–Trinajstić information content (AvgIpc) is 1.62. The summed E-state index contributed by atoms with van der Waals surface area (Å²) in [4.78, 5) is 0. The van der Waals surface area contributed by atoms with E-state index in [2.05, 4.69) is 0 Å². The van der Waals surface area contributed by atoms with Gasteiger partial charge < -0.3 is 0 Å². The summed E-state index contributed by atoms with van der Waals surface area (Å²) in [5.74, 6) is -2.66. The molecule has 0 saturated heterocycles. The Morgan fingerprint density at radius 1 is 1.57 bits per heavy atom. The van der Waals surface area contributed by atoms with E-state index in [1.807, 2.05) is 0 Å². The van der Waals surface area contributed by atoms with E-state index in [0.717, 1.165) is 0 Å². The molecule has 0 aliphatic rings. The van der Waals surface area contributed by atoms with Crippen molar-refractivity contribution in [1.29, 1.82) is 0 Å². The number of hydrogen-bond acceptors (Lipinski definition) is 0. The van der Waals surface area contributed by atoms with Gasteiger partial charge in [0.2, 0.25) is 0 Å². The van der Waals surface area contributed by atoms with Crippen LogP contribution in [0.5, 0.6) is 0 Å². The van der Waals surface area contributed by atoms with Gasteiger partial charge in [0.05, 0.1) is 2.74 Å². The molecule has 0 amide bonds. The molecule has 0 aromatic carbocycles. The van der Waals surface area contributed by atoms with Crippen LogP contribution in [0.25, 0.3) is 0 Å². The Bertz CT molecular complexity index is 131. The highest BCUT2D eigenvalue weighted by atomic mass is 19.4. The minimum Gasteiger partial charge on any atom is -0.202 e. The predicted octanol–water partition coefficient (Wildman–Crippen LogP) is 2.03. The maximum atomic E-state index is 11.4. The van der Waals surface area contributed by atoms with Gasteiger partial charge in [0.25, 0.3) is 0 Å². The molecule has 0 unspecified atom stereocenters. The van der Waals surface area contributed by atoms with Gasteiger partial charge >= 0.3 is 6.18 Å². The lowest BCUT2D eigenvalue weighted by Gasteiger charge is -1.97. The van der Waals surface area contributed by atoms with Gasteiger partial charge in [-0.15, -0.1) is 0 Å². The van der Waals surface area contributed by atoms with E-state index in [4.69, 9.17) is 2.74 Å². The van der Waals surface area contributed by atoms with Crippen molar-refractivity contribution in [3.05, 3.63) is 12.4 Å². The van der Waals surface area contributed by atoms with E-state index in [9.17, 15) is 17.6 Å². The van der Waals surface area contributed by atoms with Crippen LogP contribution in [-0.2, 0) is 0 Å². The van der Waals surface area contributed by atoms with Crippen LogP contribution in [0.4, 0.5) is 17.6 Å². The van der Waals surface area contributed by atoms with E-state index < -0.39 is 18.5 Å². The van der Waals surface area contributed by atoms with E-state index in [-0.39, 0.29) is 0 Å². The molecule has 0 nitrogen and oxygen atoms in total. The van der Waals surface area contributed by atoms with Crippen molar-refractivity contribution >= 4 is 0 Å². The van der Waals surface area contributed by atoms with Gasteiger partial charge in [0.15, 0.2) is 5.83 Å². The summed E-state index contributed by atoms with van der Waals surface area (Å²) in [6.45, 7) is -1.84. The van der Waals surface area contributed by atoms with Gasteiger partial charge in [-0.3, -0.25) is 0 Å². The number of rotatable bonds is 0. The van der Waals surface area contributed by atoms with Gasteiger partial charge in [-0.25, -0.2) is 4.39 Å². The molecule has 0 radical (unpaired) electrons. The quantitative estimate of drug-likeness (QED) is 0.425. The Balaban J connectivity index is 4.40. The van der Waals surface area contributed by atoms with Crippen LogP contribution < -0.4 is 0 Å². The molecule has 0 fully saturated rings. The van der Waals surface area contributed by atoms with Crippen LogP contribution >= 0.6 is 0 Å². The van der Waals surface area contributed by atoms with Crippen molar-refractivity contribution in [3.8, 4) is 0 Å². The van der Waals surface area contributed by atoms with Crippen LogP contribution in [0, 0.1) is 0 Å². The predicted molar refractivity (Wildman–Crippen MR) is 16.3 cm³/mol. The summed E-state index contributed by atoms with van der Waals surface area (Å²) in [7, 11) is 0. The Morgan fingerprint density at radius 2 is 2.00 bits per heavy atom. The Morgan fingerprint density at radius 3 is 2.00 bits per heavy atom. The first-order chi connectivity index (χ1) is 3.85. The van der Waals surface area contributed by atoms with Crippen molar-refractivity contribution in [2.24, 2.45) is 0 Å². The topological polar surface area (TPSA) is 0 Å². The summed E-state index contributed by atoms with van der Waals surface area (Å²) in [6, 6.07) is 0. The van der Waals surface area contributed by atoms with Gasteiger partial charge in [-0.05, 0) is 0 Å². The van der Waals surface area contributed by atoms with Crippen LogP contribution in [0.3, 0.4) is 0 Å². The summed E-state index contributed by atoms with van der Waals surface area (Å²) >= 11 is 0. The molecular weight excluding hydrogens is 112 g/mol. The molecule has 0 rings (SSSR count). The maximum absolute atomic E-state index is 11.4. The van der Waals surface area contributed by atoms with Crippen LogP contribution in [0.1, 0.15) is 2.74 Å². The Labute approximate surface area is 40.3 Å². The monoisotopic (exact) mass is 116 g/mol. The average molecular weight is 116 g/mol. The highest BCUT2D eigenvalue weighted by molar-refractivity contribution is 4.88. The van der Waals surface area contributed by atoms with Gasteiger partial charge in [-0.2, -0.15) is 13.2 Å². The third-order valence-electron chi connectivity index (χ3n) is 0.249. The molecule has 0 aliphatic carbocycles. The molecule has 4 heteroatoms. The van der Waals surface area contributed by atoms with E-state index >= 15 is 0 Å². The zero-order valence-corrected chi connectivity index (χ0v) is 3.01. The zero-order valence-electron chi connectivity index (χ0n) is 5.01. The molecule has 0 aromatic rings. The summed E-state index contributed by atoms with van der Waals surface area (Å²) in [5, 5.41) is 0. The number of halogens is 4. The highest BCUT2D eigenvalue weighted by Gasteiger charge is 2.32. The Hall–Kier alpha value is -0.540. The molecule has 42 valence electrons. The second kappa shape index (κ2) is 1.52. The van der Waals surface area contributed by atoms with Crippen LogP contribution in [0.15, 0.2) is 12.4 Å². The smallest absolute Gasteiger partial charge is 0.202 e. The summed E-state index contributed by atoms with van der Waals surface area (Å²) in [6.07, 6.45) is -5.18. The fourth-order valence-corrected chi connectivity index (χ4v) is 0. The maximum Gasteiger partial charge on any atom is 0.442 e. The van der Waals surface area contributed by atoms with Gasteiger partial charge in [0.1, 0.15) is 0 Å². The first-order valence-electron chi connectivity index (χ1n) is 2.26. The van der Waals surface area contributed by atoms with Crippen molar-refractivity contribution in [3.63, 3.8) is 0 Å². The van der Waals surface area contributed by atoms with Crippen molar-refractivity contribution in [1.82, 2.24) is 0 Å². The second-order valence-corrected chi connectivity index (χ2v) is 0.812. The fourth-order valence-electron chi connectivity index (χ4n) is 0. The highest BCUT2D eigenvalue weighted by Crippen LogP contribution is 2.23. The molecule has 0 spiro atoms. The largest absolute Gasteiger partial charge is 0.442 e. The Kier molecular flexibility index (Phi) is 0.750. The number of hydrogen-bond donors (Lipinski definition) is 0. The van der Waals surface area contributed by atoms with Crippen molar-refractivity contribution in [2.45, 2.75) is 6.18 Å². The zero-order chi connectivity index (χ0) is 7.65. The standard InChI is InChI=1S/C3H2F4/c1-2(4)3(5,6)7/h1H2/i1D2. The molecule has 7 heavy (non-hydrogen) atoms. The first-order valence-corrected chi connectivity index (χ1v) is 1.26. The minimum absolute atomic E-state index is 1.84. The molecular formula is C3H2F4. The minimum atomic E-state index is -5.18. The fraction of sp³-hybridized carbons (Fsp3) is 0.333.